The molecule has 1 atom stereocenters. The Labute approximate surface area is 118 Å². The van der Waals surface area contributed by atoms with Crippen LogP contribution in [0.15, 0.2) is 28.9 Å². The van der Waals surface area contributed by atoms with Crippen molar-refractivity contribution in [1.82, 2.24) is 20.4 Å². The first-order valence-corrected chi connectivity index (χ1v) is 6.53. The van der Waals surface area contributed by atoms with Crippen LogP contribution in [0.25, 0.3) is 0 Å². The van der Waals surface area contributed by atoms with E-state index in [-0.39, 0.29) is 6.04 Å². The molecule has 0 fully saturated rings. The average Bonchev–Trinajstić information content (AvgIpc) is 2.75. The number of nitrogens with zero attached hydrogens (tertiary/aromatic N) is 3. The number of benzene rings is 1. The normalized spacial score (nSPS) is 12.7. The number of rotatable bonds is 4. The Hall–Kier alpha value is -0.950. The zero-order chi connectivity index (χ0) is 13.1. The van der Waals surface area contributed by atoms with E-state index in [1.165, 1.54) is 0 Å². The van der Waals surface area contributed by atoms with Crippen LogP contribution in [0, 0.1) is 0 Å². The highest BCUT2D eigenvalue weighted by atomic mass is 79.9. The van der Waals surface area contributed by atoms with Gasteiger partial charge in [-0.05, 0) is 23.8 Å². The molecular weight excluding hydrogens is 318 g/mol. The summed E-state index contributed by atoms with van der Waals surface area (Å²) in [6.07, 6.45) is 2.51. The van der Waals surface area contributed by atoms with Gasteiger partial charge in [0.2, 0.25) is 0 Å². The summed E-state index contributed by atoms with van der Waals surface area (Å²) in [6.45, 7) is 0. The molecule has 18 heavy (non-hydrogen) atoms. The summed E-state index contributed by atoms with van der Waals surface area (Å²) in [5, 5.41) is 8.62. The largest absolute Gasteiger partial charge is 0.271 e. The van der Waals surface area contributed by atoms with Crippen molar-refractivity contribution in [3.8, 4) is 0 Å². The van der Waals surface area contributed by atoms with Crippen LogP contribution in [0.4, 0.5) is 0 Å². The summed E-state index contributed by atoms with van der Waals surface area (Å²) in [5.74, 6) is 5.61. The number of nitrogens with two attached hydrogens (primary N) is 1. The Morgan fingerprint density at radius 3 is 2.94 bits per heavy atom. The Morgan fingerprint density at radius 2 is 2.33 bits per heavy atom. The third kappa shape index (κ3) is 3.08. The SMILES string of the molecule is Cn1cc(CC(NN)c2cc(Cl)ccc2Br)nn1. The summed E-state index contributed by atoms with van der Waals surface area (Å²) in [5.41, 5.74) is 4.64. The van der Waals surface area contributed by atoms with Gasteiger partial charge in [0.05, 0.1) is 11.7 Å². The summed E-state index contributed by atoms with van der Waals surface area (Å²) in [6, 6.07) is 5.53. The van der Waals surface area contributed by atoms with Gasteiger partial charge in [0.15, 0.2) is 0 Å². The average molecular weight is 331 g/mol. The summed E-state index contributed by atoms with van der Waals surface area (Å²) < 4.78 is 2.62. The molecule has 0 radical (unpaired) electrons. The van der Waals surface area contributed by atoms with Crippen LogP contribution in [0.5, 0.6) is 0 Å². The van der Waals surface area contributed by atoms with Gasteiger partial charge in [-0.2, -0.15) is 0 Å². The molecule has 0 spiro atoms. The fourth-order valence-corrected chi connectivity index (χ4v) is 2.44. The van der Waals surface area contributed by atoms with Gasteiger partial charge in [-0.15, -0.1) is 5.10 Å². The Balaban J connectivity index is 2.25. The van der Waals surface area contributed by atoms with Crippen LogP contribution >= 0.6 is 27.5 Å². The molecular formula is C11H13BrClN5. The van der Waals surface area contributed by atoms with Gasteiger partial charge in [-0.1, -0.05) is 32.7 Å². The van der Waals surface area contributed by atoms with Crippen molar-refractivity contribution >= 4 is 27.5 Å². The molecule has 1 heterocycles. The molecule has 2 aromatic rings. The molecule has 0 aliphatic carbocycles. The van der Waals surface area contributed by atoms with Gasteiger partial charge in [-0.25, -0.2) is 0 Å². The first-order valence-electron chi connectivity index (χ1n) is 5.36. The molecule has 0 saturated carbocycles. The number of aryl methyl sites for hydroxylation is 1. The van der Waals surface area contributed by atoms with Gasteiger partial charge >= 0.3 is 0 Å². The number of hydrogen-bond donors (Lipinski definition) is 2. The van der Waals surface area contributed by atoms with E-state index in [0.717, 1.165) is 15.7 Å². The quantitative estimate of drug-likeness (QED) is 0.664. The number of halogens is 2. The van der Waals surface area contributed by atoms with Crippen molar-refractivity contribution in [3.05, 3.63) is 45.1 Å². The Kier molecular flexibility index (Phi) is 4.34. The smallest absolute Gasteiger partial charge is 0.0846 e. The second-order valence-corrected chi connectivity index (χ2v) is 5.26. The predicted molar refractivity (Wildman–Crippen MR) is 73.9 cm³/mol. The zero-order valence-electron chi connectivity index (χ0n) is 9.77. The second-order valence-electron chi connectivity index (χ2n) is 3.97. The van der Waals surface area contributed by atoms with E-state index in [9.17, 15) is 0 Å². The van der Waals surface area contributed by atoms with E-state index < -0.39 is 0 Å². The van der Waals surface area contributed by atoms with E-state index in [1.807, 2.05) is 31.4 Å². The number of hydrazine groups is 1. The van der Waals surface area contributed by atoms with Crippen molar-refractivity contribution in [2.45, 2.75) is 12.5 Å². The molecule has 1 aromatic carbocycles. The van der Waals surface area contributed by atoms with Crippen molar-refractivity contribution in [2.75, 3.05) is 0 Å². The summed E-state index contributed by atoms with van der Waals surface area (Å²) in [7, 11) is 1.83. The fraction of sp³-hybridized carbons (Fsp3) is 0.273. The van der Waals surface area contributed by atoms with Crippen molar-refractivity contribution < 1.29 is 0 Å². The number of hydrogen-bond acceptors (Lipinski definition) is 4. The Bertz CT molecular complexity index is 542. The number of aromatic nitrogens is 3. The fourth-order valence-electron chi connectivity index (χ4n) is 1.74. The molecule has 1 unspecified atom stereocenters. The molecule has 3 N–H and O–H groups in total. The monoisotopic (exact) mass is 329 g/mol. The maximum Gasteiger partial charge on any atom is 0.0846 e. The lowest BCUT2D eigenvalue weighted by molar-refractivity contribution is 0.543. The van der Waals surface area contributed by atoms with E-state index in [2.05, 4.69) is 31.7 Å². The first-order chi connectivity index (χ1) is 8.60. The second kappa shape index (κ2) is 5.79. The molecule has 0 aliphatic rings. The van der Waals surface area contributed by atoms with E-state index >= 15 is 0 Å². The Morgan fingerprint density at radius 1 is 1.56 bits per heavy atom. The van der Waals surface area contributed by atoms with Gasteiger partial charge in [0, 0.05) is 29.2 Å². The van der Waals surface area contributed by atoms with Crippen LogP contribution in [-0.2, 0) is 13.5 Å². The standard InChI is InChI=1S/C11H13BrClN5/c1-18-6-8(16-17-18)5-11(15-14)9-4-7(13)2-3-10(9)12/h2-4,6,11,15H,5,14H2,1H3. The lowest BCUT2D eigenvalue weighted by atomic mass is 10.0. The van der Waals surface area contributed by atoms with Crippen LogP contribution in [0.3, 0.4) is 0 Å². The highest BCUT2D eigenvalue weighted by Crippen LogP contribution is 2.28. The van der Waals surface area contributed by atoms with Crippen molar-refractivity contribution in [3.63, 3.8) is 0 Å². The molecule has 5 nitrogen and oxygen atoms in total. The minimum absolute atomic E-state index is 0.0743. The van der Waals surface area contributed by atoms with Crippen molar-refractivity contribution in [2.24, 2.45) is 12.9 Å². The van der Waals surface area contributed by atoms with Crippen LogP contribution in [0.1, 0.15) is 17.3 Å². The van der Waals surface area contributed by atoms with Crippen molar-refractivity contribution in [1.29, 1.82) is 0 Å². The van der Waals surface area contributed by atoms with Gasteiger partial charge in [0.1, 0.15) is 0 Å². The molecule has 96 valence electrons. The summed E-state index contributed by atoms with van der Waals surface area (Å²) in [4.78, 5) is 0. The van der Waals surface area contributed by atoms with Gasteiger partial charge < -0.3 is 0 Å². The number of nitrogens with one attached hydrogen (secondary N) is 1. The molecule has 2 rings (SSSR count). The molecule has 0 saturated heterocycles. The molecule has 0 amide bonds. The molecule has 0 aliphatic heterocycles. The minimum Gasteiger partial charge on any atom is -0.271 e. The molecule has 7 heteroatoms. The minimum atomic E-state index is -0.0743. The first kappa shape index (κ1) is 13.5. The molecule has 1 aromatic heterocycles. The van der Waals surface area contributed by atoms with Crippen LogP contribution in [-0.4, -0.2) is 15.0 Å². The topological polar surface area (TPSA) is 68.8 Å². The van der Waals surface area contributed by atoms with Crippen LogP contribution in [0.2, 0.25) is 5.02 Å². The predicted octanol–water partition coefficient (Wildman–Crippen LogP) is 1.98. The van der Waals surface area contributed by atoms with E-state index in [1.54, 1.807) is 4.68 Å². The lowest BCUT2D eigenvalue weighted by Crippen LogP contribution is -2.30. The van der Waals surface area contributed by atoms with Gasteiger partial charge in [0.25, 0.3) is 0 Å². The molecule has 0 bridgehead atoms. The van der Waals surface area contributed by atoms with E-state index in [0.29, 0.717) is 11.4 Å². The van der Waals surface area contributed by atoms with E-state index in [4.69, 9.17) is 17.4 Å². The third-order valence-electron chi connectivity index (χ3n) is 2.60. The van der Waals surface area contributed by atoms with Crippen LogP contribution < -0.4 is 11.3 Å². The highest BCUT2D eigenvalue weighted by molar-refractivity contribution is 9.10. The summed E-state index contributed by atoms with van der Waals surface area (Å²) >= 11 is 9.50. The maximum atomic E-state index is 6.00. The highest BCUT2D eigenvalue weighted by Gasteiger charge is 2.16. The van der Waals surface area contributed by atoms with Gasteiger partial charge in [-0.3, -0.25) is 16.0 Å². The zero-order valence-corrected chi connectivity index (χ0v) is 12.1. The lowest BCUT2D eigenvalue weighted by Gasteiger charge is -2.16. The maximum absolute atomic E-state index is 6.00. The third-order valence-corrected chi connectivity index (χ3v) is 3.56.